The number of nitrogens with zero attached hydrogens (tertiary/aromatic N) is 4. The largest absolute Gasteiger partial charge is 0.382 e. The average Bonchev–Trinajstić information content (AvgIpc) is 3.08. The van der Waals surface area contributed by atoms with E-state index in [0.29, 0.717) is 37.5 Å². The quantitative estimate of drug-likeness (QED) is 0.525. The minimum atomic E-state index is -0.365. The first-order valence-corrected chi connectivity index (χ1v) is 8.96. The minimum Gasteiger partial charge on any atom is -0.382 e. The van der Waals surface area contributed by atoms with Gasteiger partial charge in [0.25, 0.3) is 5.56 Å². The Morgan fingerprint density at radius 2 is 1.81 bits per heavy atom. The van der Waals surface area contributed by atoms with Crippen LogP contribution in [0.3, 0.4) is 0 Å². The van der Waals surface area contributed by atoms with E-state index in [1.54, 1.807) is 18.0 Å². The van der Waals surface area contributed by atoms with Crippen molar-refractivity contribution in [2.24, 2.45) is 0 Å². The maximum atomic E-state index is 13.0. The summed E-state index contributed by atoms with van der Waals surface area (Å²) in [7, 11) is 1.59. The third-order valence-corrected chi connectivity index (χ3v) is 4.39. The summed E-state index contributed by atoms with van der Waals surface area (Å²) >= 11 is 0. The lowest BCUT2D eigenvalue weighted by Crippen LogP contribution is -2.41. The van der Waals surface area contributed by atoms with Gasteiger partial charge in [-0.3, -0.25) is 13.9 Å². The zero-order valence-corrected chi connectivity index (χ0v) is 15.6. The van der Waals surface area contributed by atoms with Gasteiger partial charge in [-0.25, -0.2) is 9.78 Å². The normalized spacial score (nSPS) is 11.3. The van der Waals surface area contributed by atoms with Gasteiger partial charge in [0.2, 0.25) is 0 Å². The molecule has 8 nitrogen and oxygen atoms in total. The topological polar surface area (TPSA) is 80.3 Å². The van der Waals surface area contributed by atoms with Gasteiger partial charge in [0.05, 0.1) is 32.7 Å². The van der Waals surface area contributed by atoms with E-state index in [1.165, 1.54) is 9.13 Å². The van der Waals surface area contributed by atoms with E-state index in [9.17, 15) is 9.59 Å². The summed E-state index contributed by atoms with van der Waals surface area (Å²) in [6, 6.07) is 9.83. The summed E-state index contributed by atoms with van der Waals surface area (Å²) in [5, 5.41) is 0. The van der Waals surface area contributed by atoms with Crippen molar-refractivity contribution in [3.05, 3.63) is 63.1 Å². The van der Waals surface area contributed by atoms with Crippen molar-refractivity contribution in [3.8, 4) is 0 Å². The third-order valence-electron chi connectivity index (χ3n) is 4.39. The van der Waals surface area contributed by atoms with Gasteiger partial charge in [-0.05, 0) is 12.5 Å². The average molecular weight is 372 g/mol. The number of ether oxygens (including phenoxy) is 2. The van der Waals surface area contributed by atoms with Crippen molar-refractivity contribution < 1.29 is 9.47 Å². The van der Waals surface area contributed by atoms with Crippen molar-refractivity contribution in [1.82, 2.24) is 18.7 Å². The number of benzene rings is 1. The Hall–Kier alpha value is -2.71. The van der Waals surface area contributed by atoms with Crippen molar-refractivity contribution in [2.45, 2.75) is 26.6 Å². The van der Waals surface area contributed by atoms with Crippen LogP contribution >= 0.6 is 0 Å². The zero-order chi connectivity index (χ0) is 19.2. The molecule has 8 heteroatoms. The SMILES string of the molecule is CCn1c(=O)n(CCOCCOC)c(=O)c2c1ncn2Cc1ccccc1. The Kier molecular flexibility index (Phi) is 6.20. The number of aryl methyl sites for hydroxylation is 1. The lowest BCUT2D eigenvalue weighted by molar-refractivity contribution is 0.0657. The molecule has 0 aliphatic carbocycles. The van der Waals surface area contributed by atoms with Crippen LogP contribution in [0.25, 0.3) is 11.2 Å². The molecule has 27 heavy (non-hydrogen) atoms. The third kappa shape index (κ3) is 4.01. The van der Waals surface area contributed by atoms with Gasteiger partial charge in [-0.1, -0.05) is 30.3 Å². The summed E-state index contributed by atoms with van der Waals surface area (Å²) in [6.07, 6.45) is 1.62. The Labute approximate surface area is 156 Å². The van der Waals surface area contributed by atoms with Crippen LogP contribution in [0.15, 0.2) is 46.2 Å². The van der Waals surface area contributed by atoms with E-state index < -0.39 is 0 Å². The fourth-order valence-electron chi connectivity index (χ4n) is 3.02. The molecule has 0 radical (unpaired) electrons. The molecule has 0 spiro atoms. The summed E-state index contributed by atoms with van der Waals surface area (Å²) < 4.78 is 14.9. The zero-order valence-electron chi connectivity index (χ0n) is 15.6. The molecule has 0 saturated carbocycles. The number of imidazole rings is 1. The predicted octanol–water partition coefficient (Wildman–Crippen LogP) is 1.09. The molecule has 0 saturated heterocycles. The summed E-state index contributed by atoms with van der Waals surface area (Å²) in [6.45, 7) is 4.15. The van der Waals surface area contributed by atoms with Crippen molar-refractivity contribution >= 4 is 11.2 Å². The van der Waals surface area contributed by atoms with Crippen molar-refractivity contribution in [2.75, 3.05) is 26.9 Å². The molecule has 0 unspecified atom stereocenters. The van der Waals surface area contributed by atoms with Gasteiger partial charge in [0, 0.05) is 20.2 Å². The van der Waals surface area contributed by atoms with Crippen LogP contribution in [0, 0.1) is 0 Å². The van der Waals surface area contributed by atoms with Crippen LogP contribution in [-0.4, -0.2) is 45.6 Å². The van der Waals surface area contributed by atoms with E-state index in [2.05, 4.69) is 4.98 Å². The molecule has 0 N–H and O–H groups in total. The number of fused-ring (bicyclic) bond motifs is 1. The molecule has 0 bridgehead atoms. The monoisotopic (exact) mass is 372 g/mol. The Bertz CT molecular complexity index is 1000. The van der Waals surface area contributed by atoms with Crippen LogP contribution in [-0.2, 0) is 29.1 Å². The molecule has 0 aliphatic heterocycles. The fraction of sp³-hybridized carbons (Fsp3) is 0.421. The second-order valence-corrected chi connectivity index (χ2v) is 6.12. The minimum absolute atomic E-state index is 0.188. The van der Waals surface area contributed by atoms with Crippen LogP contribution < -0.4 is 11.2 Å². The highest BCUT2D eigenvalue weighted by Gasteiger charge is 2.17. The second-order valence-electron chi connectivity index (χ2n) is 6.12. The van der Waals surface area contributed by atoms with Crippen molar-refractivity contribution in [3.63, 3.8) is 0 Å². The molecular weight excluding hydrogens is 348 g/mol. The Morgan fingerprint density at radius 3 is 2.52 bits per heavy atom. The summed E-state index contributed by atoms with van der Waals surface area (Å²) in [5.41, 5.74) is 1.19. The molecule has 0 amide bonds. The van der Waals surface area contributed by atoms with Gasteiger partial charge >= 0.3 is 5.69 Å². The first kappa shape index (κ1) is 19.1. The molecular formula is C19H24N4O4. The van der Waals surface area contributed by atoms with Crippen LogP contribution in [0.4, 0.5) is 0 Å². The van der Waals surface area contributed by atoms with E-state index in [1.807, 2.05) is 37.3 Å². The number of aromatic nitrogens is 4. The lowest BCUT2D eigenvalue weighted by Gasteiger charge is -2.11. The van der Waals surface area contributed by atoms with Gasteiger partial charge in [-0.2, -0.15) is 0 Å². The molecule has 2 heterocycles. The number of rotatable bonds is 9. The molecule has 3 rings (SSSR count). The highest BCUT2D eigenvalue weighted by molar-refractivity contribution is 5.70. The first-order valence-electron chi connectivity index (χ1n) is 8.96. The summed E-state index contributed by atoms with van der Waals surface area (Å²) in [5.74, 6) is 0. The van der Waals surface area contributed by atoms with Crippen LogP contribution in [0.1, 0.15) is 12.5 Å². The Morgan fingerprint density at radius 1 is 1.04 bits per heavy atom. The van der Waals surface area contributed by atoms with E-state index in [0.717, 1.165) is 5.56 Å². The smallest absolute Gasteiger partial charge is 0.332 e. The predicted molar refractivity (Wildman–Crippen MR) is 102 cm³/mol. The van der Waals surface area contributed by atoms with E-state index >= 15 is 0 Å². The second kappa shape index (κ2) is 8.79. The van der Waals surface area contributed by atoms with Crippen LogP contribution in [0.5, 0.6) is 0 Å². The number of methoxy groups -OCH3 is 1. The maximum absolute atomic E-state index is 13.0. The number of hydrogen-bond donors (Lipinski definition) is 0. The van der Waals surface area contributed by atoms with Gasteiger partial charge in [0.15, 0.2) is 11.2 Å². The van der Waals surface area contributed by atoms with E-state index in [4.69, 9.17) is 9.47 Å². The molecule has 3 aromatic rings. The van der Waals surface area contributed by atoms with Crippen LogP contribution in [0.2, 0.25) is 0 Å². The highest BCUT2D eigenvalue weighted by Crippen LogP contribution is 2.10. The number of hydrogen-bond acceptors (Lipinski definition) is 5. The first-order chi connectivity index (χ1) is 13.2. The molecule has 0 aliphatic rings. The standard InChI is InChI=1S/C19H24N4O4/c1-3-22-17-16(21(14-20-17)13-15-7-5-4-6-8-15)18(24)23(19(22)25)9-10-27-12-11-26-2/h4-8,14H,3,9-13H2,1-2H3. The molecule has 144 valence electrons. The molecule has 0 atom stereocenters. The van der Waals surface area contributed by atoms with E-state index in [-0.39, 0.29) is 24.4 Å². The molecule has 0 fully saturated rings. The maximum Gasteiger partial charge on any atom is 0.332 e. The van der Waals surface area contributed by atoms with Crippen molar-refractivity contribution in [1.29, 1.82) is 0 Å². The van der Waals surface area contributed by atoms with Gasteiger partial charge in [-0.15, -0.1) is 0 Å². The fourth-order valence-corrected chi connectivity index (χ4v) is 3.02. The van der Waals surface area contributed by atoms with Gasteiger partial charge < -0.3 is 14.0 Å². The molecule has 1 aromatic carbocycles. The Balaban J connectivity index is 1.99. The summed E-state index contributed by atoms with van der Waals surface area (Å²) in [4.78, 5) is 30.1. The molecule has 2 aromatic heterocycles. The lowest BCUT2D eigenvalue weighted by atomic mass is 10.2. The highest BCUT2D eigenvalue weighted by atomic mass is 16.5. The van der Waals surface area contributed by atoms with Gasteiger partial charge in [0.1, 0.15) is 0 Å².